The van der Waals surface area contributed by atoms with Crippen molar-refractivity contribution < 1.29 is 24.1 Å². The summed E-state index contributed by atoms with van der Waals surface area (Å²) in [6.45, 7) is 9.70. The van der Waals surface area contributed by atoms with Crippen molar-refractivity contribution in [1.29, 1.82) is 0 Å². The molecule has 0 atom stereocenters. The number of anilines is 1. The van der Waals surface area contributed by atoms with E-state index in [1.165, 1.54) is 26.5 Å². The van der Waals surface area contributed by atoms with Crippen LogP contribution in [0.2, 0.25) is 0 Å². The molecule has 0 unspecified atom stereocenters. The highest BCUT2D eigenvalue weighted by atomic mass is 16.5. The summed E-state index contributed by atoms with van der Waals surface area (Å²) >= 11 is 0. The lowest BCUT2D eigenvalue weighted by Crippen LogP contribution is -3.28. The highest BCUT2D eigenvalue weighted by Gasteiger charge is 2.25. The van der Waals surface area contributed by atoms with Crippen LogP contribution in [0.1, 0.15) is 16.7 Å². The second kappa shape index (κ2) is 9.76. The molecule has 1 aliphatic heterocycles. The van der Waals surface area contributed by atoms with Gasteiger partial charge < -0.3 is 24.6 Å². The van der Waals surface area contributed by atoms with Crippen LogP contribution in [0.25, 0.3) is 0 Å². The monoisotopic (exact) mass is 399 g/mol. The number of carbonyl (C=O) groups excluding carboxylic acids is 1. The Morgan fingerprint density at radius 1 is 0.897 bits per heavy atom. The average molecular weight is 400 g/mol. The van der Waals surface area contributed by atoms with E-state index in [2.05, 4.69) is 23.5 Å². The summed E-state index contributed by atoms with van der Waals surface area (Å²) in [4.78, 5) is 15.3. The number of hydrogen-bond acceptors (Lipinski definition) is 3. The van der Waals surface area contributed by atoms with E-state index in [0.717, 1.165) is 49.9 Å². The molecule has 1 saturated heterocycles. The molecule has 3 N–H and O–H groups in total. The maximum atomic E-state index is 12.4. The number of methoxy groups -OCH3 is 2. The predicted octanol–water partition coefficient (Wildman–Crippen LogP) is 0.243. The lowest BCUT2D eigenvalue weighted by Gasteiger charge is -2.29. The van der Waals surface area contributed by atoms with E-state index in [9.17, 15) is 4.79 Å². The van der Waals surface area contributed by atoms with Gasteiger partial charge in [-0.25, -0.2) is 0 Å². The minimum Gasteiger partial charge on any atom is -0.493 e. The summed E-state index contributed by atoms with van der Waals surface area (Å²) < 4.78 is 10.7. The van der Waals surface area contributed by atoms with Crippen molar-refractivity contribution in [2.24, 2.45) is 0 Å². The van der Waals surface area contributed by atoms with Crippen molar-refractivity contribution in [3.05, 3.63) is 53.1 Å². The molecule has 0 spiro atoms. The Bertz CT molecular complexity index is 825. The summed E-state index contributed by atoms with van der Waals surface area (Å²) in [6.07, 6.45) is 0. The van der Waals surface area contributed by atoms with Gasteiger partial charge in [-0.1, -0.05) is 6.07 Å². The molecule has 0 radical (unpaired) electrons. The van der Waals surface area contributed by atoms with E-state index in [-0.39, 0.29) is 5.91 Å². The summed E-state index contributed by atoms with van der Waals surface area (Å²) in [5, 5.41) is 3.05. The van der Waals surface area contributed by atoms with E-state index in [1.54, 1.807) is 14.2 Å². The molecule has 1 aliphatic rings. The average Bonchev–Trinajstić information content (AvgIpc) is 2.68. The minimum atomic E-state index is 0.0911. The summed E-state index contributed by atoms with van der Waals surface area (Å²) in [5.74, 6) is 1.63. The van der Waals surface area contributed by atoms with Crippen molar-refractivity contribution in [3.63, 3.8) is 0 Å². The number of quaternary nitrogens is 2. The minimum absolute atomic E-state index is 0.0911. The molecule has 3 rings (SSSR count). The highest BCUT2D eigenvalue weighted by Crippen LogP contribution is 2.27. The normalized spacial score (nSPS) is 18.9. The Hall–Kier alpha value is -2.57. The molecule has 0 saturated carbocycles. The van der Waals surface area contributed by atoms with Crippen molar-refractivity contribution in [3.8, 4) is 11.5 Å². The number of piperazine rings is 1. The van der Waals surface area contributed by atoms with E-state index >= 15 is 0 Å². The molecule has 29 heavy (non-hydrogen) atoms. The van der Waals surface area contributed by atoms with Gasteiger partial charge in [0.05, 0.1) is 14.2 Å². The molecule has 2 aromatic carbocycles. The fraction of sp³-hybridized carbons (Fsp3) is 0.435. The number of benzene rings is 2. The van der Waals surface area contributed by atoms with Gasteiger partial charge in [0.25, 0.3) is 5.91 Å². The van der Waals surface area contributed by atoms with Gasteiger partial charge in [-0.15, -0.1) is 0 Å². The van der Waals surface area contributed by atoms with E-state index in [0.29, 0.717) is 6.54 Å². The van der Waals surface area contributed by atoms with Crippen molar-refractivity contribution >= 4 is 11.6 Å². The van der Waals surface area contributed by atoms with E-state index in [1.807, 2.05) is 32.0 Å². The Balaban J connectivity index is 1.47. The van der Waals surface area contributed by atoms with Crippen LogP contribution in [0.3, 0.4) is 0 Å². The Kier molecular flexibility index (Phi) is 7.12. The first-order valence-corrected chi connectivity index (χ1v) is 10.2. The number of amides is 1. The smallest absolute Gasteiger partial charge is 0.279 e. The Labute approximate surface area is 173 Å². The van der Waals surface area contributed by atoms with Crippen LogP contribution in [-0.4, -0.2) is 52.9 Å². The largest absolute Gasteiger partial charge is 0.493 e. The first kappa shape index (κ1) is 21.1. The second-order valence-electron chi connectivity index (χ2n) is 7.97. The number of hydrogen-bond donors (Lipinski definition) is 3. The number of rotatable bonds is 7. The molecule has 156 valence electrons. The number of carbonyl (C=O) groups is 1. The van der Waals surface area contributed by atoms with Gasteiger partial charge >= 0.3 is 0 Å². The van der Waals surface area contributed by atoms with Crippen molar-refractivity contribution in [2.45, 2.75) is 20.4 Å². The predicted molar refractivity (Wildman–Crippen MR) is 114 cm³/mol. The standard InChI is InChI=1S/C23H31N3O3/c1-17-11-18(2)13-20(12-17)24-23(27)16-26-9-7-25(8-10-26)15-19-5-6-21(28-3)22(14-19)29-4/h5-6,11-14H,7-10,15-16H2,1-4H3,(H,24,27)/p+2. The van der Waals surface area contributed by atoms with E-state index in [4.69, 9.17) is 9.47 Å². The maximum absolute atomic E-state index is 12.4. The molecule has 6 nitrogen and oxygen atoms in total. The first-order valence-electron chi connectivity index (χ1n) is 10.2. The summed E-state index contributed by atoms with van der Waals surface area (Å²) in [7, 11) is 3.32. The van der Waals surface area contributed by atoms with Crippen LogP contribution in [0.5, 0.6) is 11.5 Å². The molecule has 1 fully saturated rings. The zero-order chi connectivity index (χ0) is 20.8. The van der Waals surface area contributed by atoms with Gasteiger partial charge in [0.2, 0.25) is 0 Å². The van der Waals surface area contributed by atoms with Crippen LogP contribution in [0.4, 0.5) is 5.69 Å². The molecule has 1 heterocycles. The van der Waals surface area contributed by atoms with E-state index < -0.39 is 0 Å². The molecule has 6 heteroatoms. The molecular weight excluding hydrogens is 366 g/mol. The molecule has 0 aromatic heterocycles. The van der Waals surface area contributed by atoms with Crippen LogP contribution >= 0.6 is 0 Å². The number of nitrogens with one attached hydrogen (secondary N) is 3. The SMILES string of the molecule is COc1ccc(C[NH+]2CC[NH+](CC(=O)Nc3cc(C)cc(C)c3)CC2)cc1OC. The van der Waals surface area contributed by atoms with Crippen LogP contribution < -0.4 is 24.6 Å². The third-order valence-corrected chi connectivity index (χ3v) is 5.48. The zero-order valence-electron chi connectivity index (χ0n) is 17.9. The van der Waals surface area contributed by atoms with Crippen LogP contribution in [0, 0.1) is 13.8 Å². The molecule has 1 amide bonds. The highest BCUT2D eigenvalue weighted by molar-refractivity contribution is 5.91. The van der Waals surface area contributed by atoms with Gasteiger partial charge in [-0.3, -0.25) is 4.79 Å². The Morgan fingerprint density at radius 3 is 2.14 bits per heavy atom. The molecule has 2 aromatic rings. The van der Waals surface area contributed by atoms with Crippen molar-refractivity contribution in [1.82, 2.24) is 0 Å². The van der Waals surface area contributed by atoms with Crippen LogP contribution in [-0.2, 0) is 11.3 Å². The van der Waals surface area contributed by atoms with Gasteiger partial charge in [0.15, 0.2) is 18.0 Å². The second-order valence-corrected chi connectivity index (χ2v) is 7.97. The molecular formula is C23H33N3O3+2. The third-order valence-electron chi connectivity index (χ3n) is 5.48. The molecule has 0 bridgehead atoms. The quantitative estimate of drug-likeness (QED) is 0.625. The number of aryl methyl sites for hydroxylation is 2. The maximum Gasteiger partial charge on any atom is 0.279 e. The van der Waals surface area contributed by atoms with Crippen molar-refractivity contribution in [2.75, 3.05) is 52.3 Å². The Morgan fingerprint density at radius 2 is 1.52 bits per heavy atom. The van der Waals surface area contributed by atoms with Crippen LogP contribution in [0.15, 0.2) is 36.4 Å². The summed E-state index contributed by atoms with van der Waals surface area (Å²) in [6, 6.07) is 12.3. The third kappa shape index (κ3) is 5.95. The fourth-order valence-corrected chi connectivity index (χ4v) is 4.07. The fourth-order valence-electron chi connectivity index (χ4n) is 4.07. The topological polar surface area (TPSA) is 56.4 Å². The lowest BCUT2D eigenvalue weighted by atomic mass is 10.1. The van der Waals surface area contributed by atoms with Gasteiger partial charge in [0, 0.05) is 11.3 Å². The van der Waals surface area contributed by atoms with Gasteiger partial charge in [-0.05, 0) is 55.3 Å². The lowest BCUT2D eigenvalue weighted by molar-refractivity contribution is -1.02. The number of ether oxygens (including phenoxy) is 2. The first-order chi connectivity index (χ1) is 14.0. The summed E-state index contributed by atoms with van der Waals surface area (Å²) in [5.41, 5.74) is 4.47. The zero-order valence-corrected chi connectivity index (χ0v) is 17.9. The van der Waals surface area contributed by atoms with Gasteiger partial charge in [-0.2, -0.15) is 0 Å². The molecule has 0 aliphatic carbocycles. The van der Waals surface area contributed by atoms with Gasteiger partial charge in [0.1, 0.15) is 32.7 Å².